The van der Waals surface area contributed by atoms with Crippen molar-refractivity contribution in [2.75, 3.05) is 14.2 Å². The Kier molecular flexibility index (Phi) is 6.02. The van der Waals surface area contributed by atoms with E-state index in [9.17, 15) is 14.4 Å². The fourth-order valence-corrected chi connectivity index (χ4v) is 3.90. The van der Waals surface area contributed by atoms with Crippen LogP contribution in [0.5, 0.6) is 5.75 Å². The van der Waals surface area contributed by atoms with Gasteiger partial charge in [0.15, 0.2) is 5.65 Å². The summed E-state index contributed by atoms with van der Waals surface area (Å²) in [5.41, 5.74) is 0.113. The van der Waals surface area contributed by atoms with Crippen molar-refractivity contribution in [2.45, 2.75) is 13.5 Å². The van der Waals surface area contributed by atoms with Gasteiger partial charge in [-0.15, -0.1) is 0 Å². The first kappa shape index (κ1) is 22.3. The summed E-state index contributed by atoms with van der Waals surface area (Å²) < 4.78 is 12.7. The highest BCUT2D eigenvalue weighted by molar-refractivity contribution is 6.31. The van der Waals surface area contributed by atoms with Crippen LogP contribution < -0.4 is 16.0 Å². The highest BCUT2D eigenvalue weighted by atomic mass is 35.5. The number of hydrogen-bond donors (Lipinski definition) is 0. The number of carbonyl (C=O) groups is 1. The summed E-state index contributed by atoms with van der Waals surface area (Å²) in [6.07, 6.45) is 0. The SMILES string of the molecule is COC(=O)c1cc(C)nc2c1c(=O)n(Cc1ccccc1Cl)c(=O)n2-c1ccccc1OC. The number of fused-ring (bicyclic) bond motifs is 1. The molecule has 0 saturated carbocycles. The predicted octanol–water partition coefficient (Wildman–Crippen LogP) is 3.35. The highest BCUT2D eigenvalue weighted by Crippen LogP contribution is 2.25. The summed E-state index contributed by atoms with van der Waals surface area (Å²) in [4.78, 5) is 44.3. The molecule has 0 aliphatic carbocycles. The van der Waals surface area contributed by atoms with Gasteiger partial charge in [-0.2, -0.15) is 0 Å². The van der Waals surface area contributed by atoms with Gasteiger partial charge in [0.25, 0.3) is 5.56 Å². The third-order valence-electron chi connectivity index (χ3n) is 5.24. The molecule has 2 aromatic heterocycles. The van der Waals surface area contributed by atoms with E-state index in [0.717, 1.165) is 4.57 Å². The maximum Gasteiger partial charge on any atom is 0.338 e. The summed E-state index contributed by atoms with van der Waals surface area (Å²) >= 11 is 6.30. The Bertz CT molecular complexity index is 1510. The van der Waals surface area contributed by atoms with Crippen molar-refractivity contribution in [3.05, 3.63) is 97.3 Å². The van der Waals surface area contributed by atoms with Crippen LogP contribution in [-0.2, 0) is 11.3 Å². The van der Waals surface area contributed by atoms with E-state index in [1.807, 2.05) is 0 Å². The first-order chi connectivity index (χ1) is 15.9. The lowest BCUT2D eigenvalue weighted by atomic mass is 10.1. The van der Waals surface area contributed by atoms with Gasteiger partial charge in [-0.25, -0.2) is 19.1 Å². The van der Waals surface area contributed by atoms with Crippen molar-refractivity contribution in [1.82, 2.24) is 14.1 Å². The number of aryl methyl sites for hydroxylation is 1. The van der Waals surface area contributed by atoms with E-state index >= 15 is 0 Å². The van der Waals surface area contributed by atoms with Crippen LogP contribution >= 0.6 is 11.6 Å². The standard InChI is InChI=1S/C24H20ClN3O5/c1-14-12-16(23(30)33-3)20-21(26-14)28(18-10-6-7-11-19(18)32-2)24(31)27(22(20)29)13-15-8-4-5-9-17(15)25/h4-12H,13H2,1-3H3. The molecule has 0 bridgehead atoms. The second-order valence-electron chi connectivity index (χ2n) is 7.27. The lowest BCUT2D eigenvalue weighted by molar-refractivity contribution is 0.0602. The van der Waals surface area contributed by atoms with E-state index in [0.29, 0.717) is 27.7 Å². The molecule has 0 atom stereocenters. The van der Waals surface area contributed by atoms with Crippen LogP contribution in [0.3, 0.4) is 0 Å². The lowest BCUT2D eigenvalue weighted by Gasteiger charge is -2.17. The Balaban J connectivity index is 2.19. The van der Waals surface area contributed by atoms with Crippen LogP contribution in [0.4, 0.5) is 0 Å². The topological polar surface area (TPSA) is 92.4 Å². The van der Waals surface area contributed by atoms with Crippen molar-refractivity contribution >= 4 is 28.6 Å². The Hall–Kier alpha value is -3.91. The highest BCUT2D eigenvalue weighted by Gasteiger charge is 2.24. The van der Waals surface area contributed by atoms with Crippen molar-refractivity contribution in [3.63, 3.8) is 0 Å². The Morgan fingerprint density at radius 2 is 1.76 bits per heavy atom. The first-order valence-corrected chi connectivity index (χ1v) is 10.4. The monoisotopic (exact) mass is 465 g/mol. The number of aromatic nitrogens is 3. The van der Waals surface area contributed by atoms with E-state index in [1.54, 1.807) is 55.5 Å². The summed E-state index contributed by atoms with van der Waals surface area (Å²) in [5.74, 6) is -0.316. The number of nitrogens with zero attached hydrogens (tertiary/aromatic N) is 3. The van der Waals surface area contributed by atoms with E-state index in [1.165, 1.54) is 24.9 Å². The Labute approximate surface area is 193 Å². The molecule has 0 aliphatic heterocycles. The van der Waals surface area contributed by atoms with E-state index in [4.69, 9.17) is 21.1 Å². The molecule has 0 aliphatic rings. The number of benzene rings is 2. The maximum atomic E-state index is 13.7. The zero-order valence-corrected chi connectivity index (χ0v) is 18.9. The number of pyridine rings is 1. The lowest BCUT2D eigenvalue weighted by Crippen LogP contribution is -2.41. The molecule has 168 valence electrons. The minimum atomic E-state index is -0.711. The number of ether oxygens (including phenoxy) is 2. The molecule has 4 rings (SSSR count). The maximum absolute atomic E-state index is 13.7. The van der Waals surface area contributed by atoms with E-state index in [2.05, 4.69) is 4.98 Å². The number of methoxy groups -OCH3 is 2. The van der Waals surface area contributed by atoms with Crippen molar-refractivity contribution < 1.29 is 14.3 Å². The molecule has 0 fully saturated rings. The molecule has 0 saturated heterocycles. The van der Waals surface area contributed by atoms with Gasteiger partial charge in [-0.1, -0.05) is 41.9 Å². The molecule has 8 nitrogen and oxygen atoms in total. The van der Waals surface area contributed by atoms with Gasteiger partial charge in [0.05, 0.1) is 37.4 Å². The molecule has 0 radical (unpaired) electrons. The molecular weight excluding hydrogens is 446 g/mol. The second kappa shape index (κ2) is 8.91. The molecule has 33 heavy (non-hydrogen) atoms. The van der Waals surface area contributed by atoms with Crippen molar-refractivity contribution in [2.24, 2.45) is 0 Å². The van der Waals surface area contributed by atoms with Gasteiger partial charge in [-0.3, -0.25) is 9.36 Å². The number of carbonyl (C=O) groups excluding carboxylic acids is 1. The molecule has 2 heterocycles. The summed E-state index contributed by atoms with van der Waals surface area (Å²) in [6, 6.07) is 15.2. The summed E-state index contributed by atoms with van der Waals surface area (Å²) in [7, 11) is 2.70. The van der Waals surface area contributed by atoms with Crippen LogP contribution in [0.1, 0.15) is 21.6 Å². The number of esters is 1. The quantitative estimate of drug-likeness (QED) is 0.420. The molecule has 2 aromatic carbocycles. The normalized spacial score (nSPS) is 10.9. The Morgan fingerprint density at radius 1 is 1.06 bits per heavy atom. The first-order valence-electron chi connectivity index (χ1n) is 9.99. The van der Waals surface area contributed by atoms with E-state index in [-0.39, 0.29) is 23.1 Å². The Morgan fingerprint density at radius 3 is 2.45 bits per heavy atom. The van der Waals surface area contributed by atoms with Gasteiger partial charge in [0.2, 0.25) is 0 Å². The largest absolute Gasteiger partial charge is 0.495 e. The minimum absolute atomic E-state index is 0.0153. The number of rotatable bonds is 5. The fraction of sp³-hybridized carbons (Fsp3) is 0.167. The molecule has 4 aromatic rings. The number of halogens is 1. The number of para-hydroxylation sites is 2. The number of hydrogen-bond acceptors (Lipinski definition) is 6. The zero-order chi connectivity index (χ0) is 23.7. The minimum Gasteiger partial charge on any atom is -0.495 e. The van der Waals surface area contributed by atoms with Gasteiger partial charge in [0.1, 0.15) is 5.75 Å². The molecule has 0 amide bonds. The van der Waals surface area contributed by atoms with Crippen LogP contribution in [-0.4, -0.2) is 34.3 Å². The van der Waals surface area contributed by atoms with Crippen LogP contribution in [0.25, 0.3) is 16.7 Å². The third-order valence-corrected chi connectivity index (χ3v) is 5.61. The summed E-state index contributed by atoms with van der Waals surface area (Å²) in [6.45, 7) is 1.56. The van der Waals surface area contributed by atoms with Crippen LogP contribution in [0.15, 0.2) is 64.2 Å². The third kappa shape index (κ3) is 3.89. The van der Waals surface area contributed by atoms with Crippen molar-refractivity contribution in [1.29, 1.82) is 0 Å². The van der Waals surface area contributed by atoms with Crippen LogP contribution in [0, 0.1) is 6.92 Å². The average molecular weight is 466 g/mol. The molecule has 9 heteroatoms. The van der Waals surface area contributed by atoms with Crippen LogP contribution in [0.2, 0.25) is 5.02 Å². The average Bonchev–Trinajstić information content (AvgIpc) is 2.82. The molecule has 0 spiro atoms. The molecule has 0 unspecified atom stereocenters. The fourth-order valence-electron chi connectivity index (χ4n) is 3.70. The smallest absolute Gasteiger partial charge is 0.338 e. The zero-order valence-electron chi connectivity index (χ0n) is 18.2. The molecule has 0 N–H and O–H groups in total. The van der Waals surface area contributed by atoms with E-state index < -0.39 is 17.2 Å². The second-order valence-corrected chi connectivity index (χ2v) is 7.68. The van der Waals surface area contributed by atoms with Gasteiger partial charge >= 0.3 is 11.7 Å². The van der Waals surface area contributed by atoms with Gasteiger partial charge < -0.3 is 9.47 Å². The molecular formula is C24H20ClN3O5. The van der Waals surface area contributed by atoms with Gasteiger partial charge in [0, 0.05) is 10.7 Å². The van der Waals surface area contributed by atoms with Crippen molar-refractivity contribution in [3.8, 4) is 11.4 Å². The van der Waals surface area contributed by atoms with Gasteiger partial charge in [-0.05, 0) is 36.8 Å². The predicted molar refractivity (Wildman–Crippen MR) is 125 cm³/mol. The summed E-state index contributed by atoms with van der Waals surface area (Å²) in [5, 5.41) is 0.368.